The average molecular weight is 383 g/mol. The van der Waals surface area contributed by atoms with Crippen LogP contribution in [-0.4, -0.2) is 76.2 Å². The highest BCUT2D eigenvalue weighted by Gasteiger charge is 2.22. The van der Waals surface area contributed by atoms with E-state index in [1.54, 1.807) is 7.11 Å². The Labute approximate surface area is 167 Å². The molecule has 28 heavy (non-hydrogen) atoms. The lowest BCUT2D eigenvalue weighted by molar-refractivity contribution is 0.0620. The van der Waals surface area contributed by atoms with Crippen molar-refractivity contribution in [2.75, 3.05) is 65.4 Å². The number of anilines is 1. The molecule has 1 heterocycles. The molecule has 1 aliphatic rings. The minimum absolute atomic E-state index is 0.109. The quantitative estimate of drug-likeness (QED) is 0.735. The molecule has 0 spiro atoms. The monoisotopic (exact) mass is 383 g/mol. The SMILES string of the molecule is COc1ccc(OCCN2CCN(C(=O)c3cccc(N(C)C)c3)CC2)cc1. The van der Waals surface area contributed by atoms with Crippen molar-refractivity contribution >= 4 is 11.6 Å². The summed E-state index contributed by atoms with van der Waals surface area (Å²) in [6, 6.07) is 15.4. The molecule has 1 fully saturated rings. The number of amides is 1. The maximum absolute atomic E-state index is 12.8. The standard InChI is InChI=1S/C22H29N3O3/c1-23(2)19-6-4-5-18(17-19)22(26)25-13-11-24(12-14-25)15-16-28-21-9-7-20(27-3)8-10-21/h4-10,17H,11-16H2,1-3H3. The summed E-state index contributed by atoms with van der Waals surface area (Å²) in [5, 5.41) is 0. The normalized spacial score (nSPS) is 14.6. The number of hydrogen-bond acceptors (Lipinski definition) is 5. The van der Waals surface area contributed by atoms with Gasteiger partial charge in [0.05, 0.1) is 7.11 Å². The van der Waals surface area contributed by atoms with Gasteiger partial charge in [-0.3, -0.25) is 9.69 Å². The summed E-state index contributed by atoms with van der Waals surface area (Å²) in [5.74, 6) is 1.78. The summed E-state index contributed by atoms with van der Waals surface area (Å²) >= 11 is 0. The van der Waals surface area contributed by atoms with Gasteiger partial charge < -0.3 is 19.3 Å². The molecule has 6 nitrogen and oxygen atoms in total. The molecule has 0 atom stereocenters. The second kappa shape index (κ2) is 9.46. The fourth-order valence-electron chi connectivity index (χ4n) is 3.24. The Morgan fingerprint density at radius 1 is 1.00 bits per heavy atom. The Bertz CT molecular complexity index is 769. The third-order valence-electron chi connectivity index (χ3n) is 5.00. The van der Waals surface area contributed by atoms with Gasteiger partial charge in [0, 0.05) is 58.1 Å². The predicted molar refractivity (Wildman–Crippen MR) is 112 cm³/mol. The van der Waals surface area contributed by atoms with Crippen LogP contribution in [-0.2, 0) is 0 Å². The molecular weight excluding hydrogens is 354 g/mol. The molecule has 6 heteroatoms. The summed E-state index contributed by atoms with van der Waals surface area (Å²) < 4.78 is 11.0. The zero-order valence-corrected chi connectivity index (χ0v) is 16.9. The second-order valence-electron chi connectivity index (χ2n) is 7.10. The minimum Gasteiger partial charge on any atom is -0.497 e. The van der Waals surface area contributed by atoms with Crippen LogP contribution < -0.4 is 14.4 Å². The van der Waals surface area contributed by atoms with Crippen molar-refractivity contribution in [1.29, 1.82) is 0 Å². The molecule has 0 radical (unpaired) electrons. The van der Waals surface area contributed by atoms with Crippen LogP contribution in [0.1, 0.15) is 10.4 Å². The Kier molecular flexibility index (Phi) is 6.76. The molecule has 1 aliphatic heterocycles. The smallest absolute Gasteiger partial charge is 0.254 e. The van der Waals surface area contributed by atoms with Gasteiger partial charge in [-0.15, -0.1) is 0 Å². The molecule has 0 N–H and O–H groups in total. The van der Waals surface area contributed by atoms with E-state index in [9.17, 15) is 4.79 Å². The Hall–Kier alpha value is -2.73. The van der Waals surface area contributed by atoms with Crippen LogP contribution in [0.4, 0.5) is 5.69 Å². The van der Waals surface area contributed by atoms with Gasteiger partial charge in [0.2, 0.25) is 0 Å². The third kappa shape index (κ3) is 5.16. The fraction of sp³-hybridized carbons (Fsp3) is 0.409. The number of benzene rings is 2. The van der Waals surface area contributed by atoms with E-state index in [4.69, 9.17) is 9.47 Å². The van der Waals surface area contributed by atoms with E-state index in [0.29, 0.717) is 6.61 Å². The van der Waals surface area contributed by atoms with Crippen molar-refractivity contribution < 1.29 is 14.3 Å². The number of carbonyl (C=O) groups excluding carboxylic acids is 1. The molecule has 1 saturated heterocycles. The van der Waals surface area contributed by atoms with Gasteiger partial charge in [0.1, 0.15) is 18.1 Å². The first kappa shape index (κ1) is 20.0. The van der Waals surface area contributed by atoms with Crippen molar-refractivity contribution in [1.82, 2.24) is 9.80 Å². The van der Waals surface area contributed by atoms with Gasteiger partial charge in [-0.1, -0.05) is 6.07 Å². The number of carbonyl (C=O) groups is 1. The highest BCUT2D eigenvalue weighted by atomic mass is 16.5. The molecule has 0 unspecified atom stereocenters. The molecule has 0 aromatic heterocycles. The van der Waals surface area contributed by atoms with Crippen LogP contribution in [0.3, 0.4) is 0 Å². The molecular formula is C22H29N3O3. The Balaban J connectivity index is 1.43. The van der Waals surface area contributed by atoms with E-state index in [2.05, 4.69) is 4.90 Å². The van der Waals surface area contributed by atoms with E-state index in [1.807, 2.05) is 72.4 Å². The molecule has 2 aromatic rings. The van der Waals surface area contributed by atoms with Crippen molar-refractivity contribution in [3.05, 3.63) is 54.1 Å². The molecule has 1 amide bonds. The van der Waals surface area contributed by atoms with Crippen LogP contribution in [0.5, 0.6) is 11.5 Å². The predicted octanol–water partition coefficient (Wildman–Crippen LogP) is 2.60. The molecule has 0 bridgehead atoms. The summed E-state index contributed by atoms with van der Waals surface area (Å²) in [6.45, 7) is 4.70. The van der Waals surface area contributed by atoms with Crippen molar-refractivity contribution in [2.24, 2.45) is 0 Å². The van der Waals surface area contributed by atoms with Crippen molar-refractivity contribution in [3.63, 3.8) is 0 Å². The molecule has 150 valence electrons. The largest absolute Gasteiger partial charge is 0.497 e. The van der Waals surface area contributed by atoms with E-state index in [-0.39, 0.29) is 5.91 Å². The molecule has 0 saturated carbocycles. The van der Waals surface area contributed by atoms with E-state index in [0.717, 1.165) is 55.5 Å². The third-order valence-corrected chi connectivity index (χ3v) is 5.00. The topological polar surface area (TPSA) is 45.3 Å². The first-order valence-corrected chi connectivity index (χ1v) is 9.62. The molecule has 0 aliphatic carbocycles. The molecule has 2 aromatic carbocycles. The first-order valence-electron chi connectivity index (χ1n) is 9.62. The number of methoxy groups -OCH3 is 1. The van der Waals surface area contributed by atoms with Crippen LogP contribution >= 0.6 is 0 Å². The van der Waals surface area contributed by atoms with Crippen LogP contribution in [0, 0.1) is 0 Å². The second-order valence-corrected chi connectivity index (χ2v) is 7.10. The maximum Gasteiger partial charge on any atom is 0.254 e. The molecule has 3 rings (SSSR count). The zero-order valence-electron chi connectivity index (χ0n) is 16.9. The number of hydrogen-bond donors (Lipinski definition) is 0. The summed E-state index contributed by atoms with van der Waals surface area (Å²) in [7, 11) is 5.62. The lowest BCUT2D eigenvalue weighted by Gasteiger charge is -2.34. The van der Waals surface area contributed by atoms with Gasteiger partial charge in [-0.25, -0.2) is 0 Å². The Morgan fingerprint density at radius 3 is 2.32 bits per heavy atom. The Morgan fingerprint density at radius 2 is 1.68 bits per heavy atom. The van der Waals surface area contributed by atoms with Gasteiger partial charge >= 0.3 is 0 Å². The number of nitrogens with zero attached hydrogens (tertiary/aromatic N) is 3. The van der Waals surface area contributed by atoms with Gasteiger partial charge in [-0.05, 0) is 42.5 Å². The van der Waals surface area contributed by atoms with Gasteiger partial charge in [0.25, 0.3) is 5.91 Å². The highest BCUT2D eigenvalue weighted by Crippen LogP contribution is 2.18. The van der Waals surface area contributed by atoms with E-state index in [1.165, 1.54) is 0 Å². The van der Waals surface area contributed by atoms with Gasteiger partial charge in [0.15, 0.2) is 0 Å². The lowest BCUT2D eigenvalue weighted by atomic mass is 10.1. The number of rotatable bonds is 7. The van der Waals surface area contributed by atoms with Crippen molar-refractivity contribution in [2.45, 2.75) is 0 Å². The van der Waals surface area contributed by atoms with E-state index >= 15 is 0 Å². The summed E-state index contributed by atoms with van der Waals surface area (Å²) in [4.78, 5) is 19.1. The zero-order chi connectivity index (χ0) is 19.9. The van der Waals surface area contributed by atoms with Gasteiger partial charge in [-0.2, -0.15) is 0 Å². The summed E-state index contributed by atoms with van der Waals surface area (Å²) in [6.07, 6.45) is 0. The highest BCUT2D eigenvalue weighted by molar-refractivity contribution is 5.95. The summed E-state index contributed by atoms with van der Waals surface area (Å²) in [5.41, 5.74) is 1.79. The maximum atomic E-state index is 12.8. The van der Waals surface area contributed by atoms with Crippen LogP contribution in [0.2, 0.25) is 0 Å². The van der Waals surface area contributed by atoms with Crippen LogP contribution in [0.15, 0.2) is 48.5 Å². The fourth-order valence-corrected chi connectivity index (χ4v) is 3.24. The van der Waals surface area contributed by atoms with E-state index < -0.39 is 0 Å². The lowest BCUT2D eigenvalue weighted by Crippen LogP contribution is -2.49. The van der Waals surface area contributed by atoms with Crippen LogP contribution in [0.25, 0.3) is 0 Å². The van der Waals surface area contributed by atoms with Crippen molar-refractivity contribution in [3.8, 4) is 11.5 Å². The number of ether oxygens (including phenoxy) is 2. The minimum atomic E-state index is 0.109. The first-order chi connectivity index (χ1) is 13.6. The number of piperazine rings is 1. The average Bonchev–Trinajstić information content (AvgIpc) is 2.74.